The summed E-state index contributed by atoms with van der Waals surface area (Å²) in [6.45, 7) is 9.87. The van der Waals surface area contributed by atoms with Crippen LogP contribution in [-0.2, 0) is 9.59 Å². The van der Waals surface area contributed by atoms with E-state index in [-0.39, 0.29) is 29.3 Å². The van der Waals surface area contributed by atoms with Crippen LogP contribution in [0.2, 0.25) is 0 Å². The number of rotatable bonds is 5. The number of thioether (sulfide) groups is 1. The third-order valence-corrected chi connectivity index (χ3v) is 4.87. The normalized spacial score (nSPS) is 23.4. The molecule has 0 bridgehead atoms. The molecule has 0 aliphatic carbocycles. The second-order valence-electron chi connectivity index (χ2n) is 5.50. The van der Waals surface area contributed by atoms with E-state index in [1.54, 1.807) is 22.7 Å². The molecule has 1 aliphatic rings. The predicted octanol–water partition coefficient (Wildman–Crippen LogP) is 2.55. The van der Waals surface area contributed by atoms with E-state index in [1.165, 1.54) is 0 Å². The maximum absolute atomic E-state index is 12.4. The molecule has 1 heterocycles. The van der Waals surface area contributed by atoms with E-state index in [2.05, 4.69) is 12.2 Å². The van der Waals surface area contributed by atoms with Crippen LogP contribution in [0.1, 0.15) is 47.5 Å². The zero-order valence-corrected chi connectivity index (χ0v) is 13.9. The smallest absolute Gasteiger partial charge is 0.248 e. The van der Waals surface area contributed by atoms with Gasteiger partial charge in [-0.25, -0.2) is 0 Å². The van der Waals surface area contributed by atoms with Crippen LogP contribution >= 0.6 is 11.8 Å². The van der Waals surface area contributed by atoms with E-state index in [4.69, 9.17) is 0 Å². The number of hydrogen-bond acceptors (Lipinski definition) is 3. The number of nitrogens with one attached hydrogen (secondary N) is 1. The lowest BCUT2D eigenvalue weighted by atomic mass is 10.2. The summed E-state index contributed by atoms with van der Waals surface area (Å²) < 4.78 is 0. The van der Waals surface area contributed by atoms with Crippen LogP contribution in [0, 0.1) is 0 Å². The Hall–Kier alpha value is -0.970. The Bertz CT molecular complexity index is 391. The lowest BCUT2D eigenvalue weighted by molar-refractivity contribution is -0.136. The monoisotopic (exact) mass is 298 g/mol. The molecule has 5 heteroatoms. The second kappa shape index (κ2) is 7.72. The van der Waals surface area contributed by atoms with Gasteiger partial charge in [-0.15, -0.1) is 11.8 Å². The number of amides is 2. The molecular weight excluding hydrogens is 272 g/mol. The highest BCUT2D eigenvalue weighted by Gasteiger charge is 2.40. The molecule has 1 rings (SSSR count). The average Bonchev–Trinajstić information content (AvgIpc) is 2.81. The van der Waals surface area contributed by atoms with Crippen LogP contribution in [0.5, 0.6) is 0 Å². The third kappa shape index (κ3) is 4.27. The fourth-order valence-electron chi connectivity index (χ4n) is 2.14. The summed E-state index contributed by atoms with van der Waals surface area (Å²) in [6, 6.07) is -0.198. The van der Waals surface area contributed by atoms with Crippen LogP contribution in [-0.4, -0.2) is 39.9 Å². The molecule has 1 N–H and O–H groups in total. The van der Waals surface area contributed by atoms with Gasteiger partial charge in [-0.3, -0.25) is 9.59 Å². The van der Waals surface area contributed by atoms with Crippen molar-refractivity contribution in [2.45, 2.75) is 64.9 Å². The van der Waals surface area contributed by atoms with Gasteiger partial charge in [0.15, 0.2) is 0 Å². The van der Waals surface area contributed by atoms with Crippen LogP contribution in [0.3, 0.4) is 0 Å². The summed E-state index contributed by atoms with van der Waals surface area (Å²) in [6.07, 6.45) is 3.38. The summed E-state index contributed by atoms with van der Waals surface area (Å²) in [5.41, 5.74) is 0.961. The standard InChI is InChI=1S/C15H26N2O2S/c1-6-11(5)16-15(19)12-9-20-14(7-2)17(12)13(18)8-10(3)4/h8,11-12,14H,6-7,9H2,1-5H3,(H,16,19). The molecule has 0 aromatic carbocycles. The van der Waals surface area contributed by atoms with E-state index < -0.39 is 0 Å². The van der Waals surface area contributed by atoms with Crippen LogP contribution < -0.4 is 5.32 Å². The van der Waals surface area contributed by atoms with Gasteiger partial charge >= 0.3 is 0 Å². The van der Waals surface area contributed by atoms with E-state index in [0.717, 1.165) is 18.4 Å². The van der Waals surface area contributed by atoms with E-state index >= 15 is 0 Å². The molecule has 1 saturated heterocycles. The number of carbonyl (C=O) groups is 2. The summed E-state index contributed by atoms with van der Waals surface area (Å²) >= 11 is 1.69. The van der Waals surface area contributed by atoms with Crippen molar-refractivity contribution in [1.29, 1.82) is 0 Å². The Kier molecular flexibility index (Phi) is 6.59. The van der Waals surface area contributed by atoms with Gasteiger partial charge in [0.2, 0.25) is 11.8 Å². The summed E-state index contributed by atoms with van der Waals surface area (Å²) in [7, 11) is 0. The molecular formula is C15H26N2O2S. The fraction of sp³-hybridized carbons (Fsp3) is 0.733. The zero-order valence-electron chi connectivity index (χ0n) is 13.1. The summed E-state index contributed by atoms with van der Waals surface area (Å²) in [5.74, 6) is 0.604. The first-order valence-electron chi connectivity index (χ1n) is 7.29. The lowest BCUT2D eigenvalue weighted by Crippen LogP contribution is -2.51. The first kappa shape index (κ1) is 17.1. The Morgan fingerprint density at radius 2 is 2.05 bits per heavy atom. The van der Waals surface area contributed by atoms with Crippen molar-refractivity contribution >= 4 is 23.6 Å². The Morgan fingerprint density at radius 3 is 2.55 bits per heavy atom. The maximum Gasteiger partial charge on any atom is 0.248 e. The van der Waals surface area contributed by atoms with Gasteiger partial charge in [-0.05, 0) is 33.6 Å². The molecule has 20 heavy (non-hydrogen) atoms. The quantitative estimate of drug-likeness (QED) is 0.794. The highest BCUT2D eigenvalue weighted by atomic mass is 32.2. The fourth-order valence-corrected chi connectivity index (χ4v) is 3.50. The minimum atomic E-state index is -0.345. The van der Waals surface area contributed by atoms with Crippen molar-refractivity contribution < 1.29 is 9.59 Å². The Morgan fingerprint density at radius 1 is 1.40 bits per heavy atom. The van der Waals surface area contributed by atoms with Gasteiger partial charge in [-0.2, -0.15) is 0 Å². The first-order chi connectivity index (χ1) is 9.40. The lowest BCUT2D eigenvalue weighted by Gasteiger charge is -2.28. The van der Waals surface area contributed by atoms with Gasteiger partial charge < -0.3 is 10.2 Å². The maximum atomic E-state index is 12.4. The molecule has 0 aromatic heterocycles. The third-order valence-electron chi connectivity index (χ3n) is 3.41. The molecule has 3 unspecified atom stereocenters. The largest absolute Gasteiger partial charge is 0.352 e. The average molecular weight is 298 g/mol. The van der Waals surface area contributed by atoms with Gasteiger partial charge in [0.1, 0.15) is 6.04 Å². The van der Waals surface area contributed by atoms with E-state index in [9.17, 15) is 9.59 Å². The van der Waals surface area contributed by atoms with Gasteiger partial charge in [0.25, 0.3) is 0 Å². The molecule has 114 valence electrons. The van der Waals surface area contributed by atoms with Gasteiger partial charge in [-0.1, -0.05) is 19.4 Å². The SMILES string of the molecule is CCC(C)NC(=O)C1CSC(CC)N1C(=O)C=C(C)C. The minimum Gasteiger partial charge on any atom is -0.352 e. The van der Waals surface area contributed by atoms with Crippen molar-refractivity contribution in [2.24, 2.45) is 0 Å². The molecule has 4 nitrogen and oxygen atoms in total. The van der Waals surface area contributed by atoms with Gasteiger partial charge in [0.05, 0.1) is 5.37 Å². The molecule has 0 saturated carbocycles. The molecule has 0 radical (unpaired) electrons. The Labute approximate surface area is 126 Å². The molecule has 1 fully saturated rings. The van der Waals surface area contributed by atoms with Crippen molar-refractivity contribution in [3.05, 3.63) is 11.6 Å². The summed E-state index contributed by atoms with van der Waals surface area (Å²) in [4.78, 5) is 26.4. The predicted molar refractivity (Wildman–Crippen MR) is 84.5 cm³/mol. The van der Waals surface area contributed by atoms with Crippen molar-refractivity contribution in [2.75, 3.05) is 5.75 Å². The van der Waals surface area contributed by atoms with E-state index in [0.29, 0.717) is 5.75 Å². The number of hydrogen-bond donors (Lipinski definition) is 1. The molecule has 0 spiro atoms. The van der Waals surface area contributed by atoms with Crippen LogP contribution in [0.4, 0.5) is 0 Å². The zero-order chi connectivity index (χ0) is 15.3. The topological polar surface area (TPSA) is 49.4 Å². The van der Waals surface area contributed by atoms with Crippen LogP contribution in [0.15, 0.2) is 11.6 Å². The minimum absolute atomic E-state index is 0.0293. The molecule has 2 amide bonds. The highest BCUT2D eigenvalue weighted by Crippen LogP contribution is 2.31. The molecule has 3 atom stereocenters. The van der Waals surface area contributed by atoms with Crippen molar-refractivity contribution in [1.82, 2.24) is 10.2 Å². The first-order valence-corrected chi connectivity index (χ1v) is 8.34. The highest BCUT2D eigenvalue weighted by molar-refractivity contribution is 8.00. The number of nitrogens with zero attached hydrogens (tertiary/aromatic N) is 1. The number of allylic oxidation sites excluding steroid dienone is 1. The van der Waals surface area contributed by atoms with Crippen LogP contribution in [0.25, 0.3) is 0 Å². The summed E-state index contributed by atoms with van der Waals surface area (Å²) in [5, 5.41) is 3.09. The van der Waals surface area contributed by atoms with Gasteiger partial charge in [0, 0.05) is 17.9 Å². The number of carbonyl (C=O) groups excluding carboxylic acids is 2. The Balaban J connectivity index is 2.86. The van der Waals surface area contributed by atoms with Crippen molar-refractivity contribution in [3.8, 4) is 0 Å². The molecule has 0 aromatic rings. The van der Waals surface area contributed by atoms with E-state index in [1.807, 2.05) is 27.7 Å². The second-order valence-corrected chi connectivity index (χ2v) is 6.71. The molecule has 1 aliphatic heterocycles. The van der Waals surface area contributed by atoms with Crippen molar-refractivity contribution in [3.63, 3.8) is 0 Å².